The second-order valence-electron chi connectivity index (χ2n) is 6.19. The lowest BCUT2D eigenvalue weighted by atomic mass is 9.78. The van der Waals surface area contributed by atoms with Gasteiger partial charge < -0.3 is 4.74 Å². The highest BCUT2D eigenvalue weighted by atomic mass is 19.4. The molecule has 0 N–H and O–H groups in total. The van der Waals surface area contributed by atoms with Crippen LogP contribution in [-0.4, -0.2) is 6.36 Å². The third-order valence-corrected chi connectivity index (χ3v) is 4.35. The lowest BCUT2D eigenvalue weighted by Gasteiger charge is -2.27. The summed E-state index contributed by atoms with van der Waals surface area (Å²) in [6.45, 7) is 2.11. The largest absolute Gasteiger partial charge is 0.573 e. The molecule has 1 saturated carbocycles. The molecule has 0 saturated heterocycles. The van der Waals surface area contributed by atoms with Crippen molar-refractivity contribution < 1.29 is 26.7 Å². The van der Waals surface area contributed by atoms with Crippen LogP contribution in [-0.2, 0) is 0 Å². The van der Waals surface area contributed by atoms with E-state index in [1.54, 1.807) is 0 Å². The van der Waals surface area contributed by atoms with E-state index >= 15 is 0 Å². The minimum absolute atomic E-state index is 0.0373. The van der Waals surface area contributed by atoms with Gasteiger partial charge in [-0.05, 0) is 61.6 Å². The monoisotopic (exact) mass is 348 g/mol. The molecule has 0 radical (unpaired) electrons. The minimum Gasteiger partial charge on any atom is -0.399 e. The zero-order chi connectivity index (χ0) is 17.7. The van der Waals surface area contributed by atoms with Gasteiger partial charge in [-0.15, -0.1) is 13.2 Å². The van der Waals surface area contributed by atoms with Gasteiger partial charge in [-0.3, -0.25) is 0 Å². The molecule has 1 aliphatic rings. The van der Waals surface area contributed by atoms with E-state index in [1.165, 1.54) is 0 Å². The molecule has 0 aromatic heterocycles. The zero-order valence-electron chi connectivity index (χ0n) is 13.5. The van der Waals surface area contributed by atoms with Gasteiger partial charge in [0.25, 0.3) is 0 Å². The lowest BCUT2D eigenvalue weighted by Crippen LogP contribution is -2.19. The molecule has 0 unspecified atom stereocenters. The summed E-state index contributed by atoms with van der Waals surface area (Å²) in [6, 6.07) is 1.92. The van der Waals surface area contributed by atoms with E-state index < -0.39 is 23.7 Å². The predicted molar refractivity (Wildman–Crippen MR) is 81.8 cm³/mol. The van der Waals surface area contributed by atoms with E-state index in [9.17, 15) is 22.0 Å². The first-order valence-corrected chi connectivity index (χ1v) is 8.21. The maximum atomic E-state index is 13.8. The Balaban J connectivity index is 2.04. The van der Waals surface area contributed by atoms with Gasteiger partial charge in [-0.1, -0.05) is 25.5 Å². The highest BCUT2D eigenvalue weighted by molar-refractivity contribution is 5.33. The highest BCUT2D eigenvalue weighted by Gasteiger charge is 2.34. The number of halogens is 5. The summed E-state index contributed by atoms with van der Waals surface area (Å²) >= 11 is 0. The standard InChI is InChI=1S/C18H21F5O/c1-2-3-4-5-12-6-8-13(9-7-12)14-10-15(19)17(16(20)11-14)24-18(21,22)23/h4-5,10-13H,2-3,6-9H2,1H3/b5-4+. The molecular formula is C18H21F5O. The third-order valence-electron chi connectivity index (χ3n) is 4.35. The summed E-state index contributed by atoms with van der Waals surface area (Å²) in [4.78, 5) is 0. The van der Waals surface area contributed by atoms with E-state index in [-0.39, 0.29) is 5.92 Å². The summed E-state index contributed by atoms with van der Waals surface area (Å²) in [6.07, 6.45) is 4.72. The molecule has 1 aliphatic carbocycles. The predicted octanol–water partition coefficient (Wildman–Crippen LogP) is 6.49. The number of allylic oxidation sites excluding steroid dienone is 2. The van der Waals surface area contributed by atoms with Crippen molar-refractivity contribution in [3.63, 3.8) is 0 Å². The first-order chi connectivity index (χ1) is 11.3. The Morgan fingerprint density at radius 3 is 2.17 bits per heavy atom. The van der Waals surface area contributed by atoms with Crippen LogP contribution in [0.2, 0.25) is 0 Å². The highest BCUT2D eigenvalue weighted by Crippen LogP contribution is 2.39. The van der Waals surface area contributed by atoms with Crippen molar-refractivity contribution in [1.82, 2.24) is 0 Å². The molecule has 1 aromatic carbocycles. The average Bonchev–Trinajstić information content (AvgIpc) is 2.51. The van der Waals surface area contributed by atoms with Crippen LogP contribution in [0.25, 0.3) is 0 Å². The van der Waals surface area contributed by atoms with Crippen LogP contribution in [0.5, 0.6) is 5.75 Å². The van der Waals surface area contributed by atoms with E-state index in [2.05, 4.69) is 23.8 Å². The zero-order valence-corrected chi connectivity index (χ0v) is 13.5. The maximum Gasteiger partial charge on any atom is 0.573 e. The third kappa shape index (κ3) is 5.21. The lowest BCUT2D eigenvalue weighted by molar-refractivity contribution is -0.276. The molecular weight excluding hydrogens is 327 g/mol. The van der Waals surface area contributed by atoms with Crippen LogP contribution in [0.4, 0.5) is 22.0 Å². The van der Waals surface area contributed by atoms with Gasteiger partial charge in [0.15, 0.2) is 11.6 Å². The van der Waals surface area contributed by atoms with Crippen molar-refractivity contribution in [3.05, 3.63) is 41.5 Å². The number of benzene rings is 1. The Hall–Kier alpha value is -1.59. The van der Waals surface area contributed by atoms with Crippen LogP contribution < -0.4 is 4.74 Å². The first-order valence-electron chi connectivity index (χ1n) is 8.21. The van der Waals surface area contributed by atoms with Crippen molar-refractivity contribution in [1.29, 1.82) is 0 Å². The molecule has 1 fully saturated rings. The Bertz CT molecular complexity index is 548. The summed E-state index contributed by atoms with van der Waals surface area (Å²) < 4.78 is 67.5. The molecule has 134 valence electrons. The van der Waals surface area contributed by atoms with Crippen molar-refractivity contribution in [3.8, 4) is 5.75 Å². The molecule has 0 spiro atoms. The molecule has 6 heteroatoms. The topological polar surface area (TPSA) is 9.23 Å². The van der Waals surface area contributed by atoms with Gasteiger partial charge >= 0.3 is 6.36 Å². The fraction of sp³-hybridized carbons (Fsp3) is 0.556. The second-order valence-corrected chi connectivity index (χ2v) is 6.19. The molecule has 0 aliphatic heterocycles. The van der Waals surface area contributed by atoms with Crippen molar-refractivity contribution in [2.45, 2.75) is 57.7 Å². The van der Waals surface area contributed by atoms with E-state index in [0.29, 0.717) is 11.5 Å². The van der Waals surface area contributed by atoms with Crippen molar-refractivity contribution >= 4 is 0 Å². The summed E-state index contributed by atoms with van der Waals surface area (Å²) in [5, 5.41) is 0. The van der Waals surface area contributed by atoms with Gasteiger partial charge in [0.2, 0.25) is 5.75 Å². The van der Waals surface area contributed by atoms with Gasteiger partial charge in [-0.2, -0.15) is 0 Å². The maximum absolute atomic E-state index is 13.8. The Labute approximate surface area is 138 Å². The molecule has 0 atom stereocenters. The fourth-order valence-electron chi connectivity index (χ4n) is 3.13. The van der Waals surface area contributed by atoms with Crippen LogP contribution in [0.3, 0.4) is 0 Å². The minimum atomic E-state index is -5.12. The normalized spacial score (nSPS) is 22.1. The quantitative estimate of drug-likeness (QED) is 0.436. The van der Waals surface area contributed by atoms with Crippen molar-refractivity contribution in [2.24, 2.45) is 5.92 Å². The number of hydrogen-bond donors (Lipinski definition) is 0. The van der Waals surface area contributed by atoms with E-state index in [0.717, 1.165) is 50.7 Å². The first kappa shape index (κ1) is 18.7. The SMILES string of the molecule is CCC/C=C/C1CCC(c2cc(F)c(OC(F)(F)F)c(F)c2)CC1. The molecule has 2 rings (SSSR count). The van der Waals surface area contributed by atoms with Gasteiger partial charge in [-0.25, -0.2) is 8.78 Å². The van der Waals surface area contributed by atoms with E-state index in [4.69, 9.17) is 0 Å². The van der Waals surface area contributed by atoms with Crippen LogP contribution in [0, 0.1) is 17.6 Å². The number of unbranched alkanes of at least 4 members (excludes halogenated alkanes) is 1. The number of alkyl halides is 3. The van der Waals surface area contributed by atoms with Gasteiger partial charge in [0.05, 0.1) is 0 Å². The van der Waals surface area contributed by atoms with Crippen LogP contribution >= 0.6 is 0 Å². The Kier molecular flexibility index (Phi) is 6.24. The molecule has 0 amide bonds. The fourth-order valence-corrected chi connectivity index (χ4v) is 3.13. The van der Waals surface area contributed by atoms with Crippen LogP contribution in [0.1, 0.15) is 56.9 Å². The average molecular weight is 348 g/mol. The summed E-state index contributed by atoms with van der Waals surface area (Å²) in [7, 11) is 0. The number of rotatable bonds is 5. The molecule has 24 heavy (non-hydrogen) atoms. The van der Waals surface area contributed by atoms with Gasteiger partial charge in [0.1, 0.15) is 0 Å². The summed E-state index contributed by atoms with van der Waals surface area (Å²) in [5.74, 6) is -3.58. The van der Waals surface area contributed by atoms with Crippen molar-refractivity contribution in [2.75, 3.05) is 0 Å². The van der Waals surface area contributed by atoms with E-state index in [1.807, 2.05) is 0 Å². The molecule has 1 nitrogen and oxygen atoms in total. The van der Waals surface area contributed by atoms with Gasteiger partial charge in [0, 0.05) is 0 Å². The number of hydrogen-bond acceptors (Lipinski definition) is 1. The molecule has 0 heterocycles. The molecule has 0 bridgehead atoms. The summed E-state index contributed by atoms with van der Waals surface area (Å²) in [5.41, 5.74) is 0.399. The Morgan fingerprint density at radius 1 is 1.08 bits per heavy atom. The molecule has 1 aromatic rings. The smallest absolute Gasteiger partial charge is 0.399 e. The van der Waals surface area contributed by atoms with Crippen LogP contribution in [0.15, 0.2) is 24.3 Å². The second kappa shape index (κ2) is 7.99. The Morgan fingerprint density at radius 2 is 1.67 bits per heavy atom. The number of ether oxygens (including phenoxy) is 1.